The zero-order valence-corrected chi connectivity index (χ0v) is 18.2. The molecule has 0 atom stereocenters. The van der Waals surface area contributed by atoms with Crippen molar-refractivity contribution in [2.24, 2.45) is 0 Å². The summed E-state index contributed by atoms with van der Waals surface area (Å²) in [4.78, 5) is 19.1. The van der Waals surface area contributed by atoms with E-state index in [2.05, 4.69) is 65.6 Å². The molecular weight excluding hydrogens is 384 g/mol. The first kappa shape index (κ1) is 21.6. The lowest BCUT2D eigenvalue weighted by molar-refractivity contribution is 0.197. The molecule has 6 heteroatoms. The van der Waals surface area contributed by atoms with Crippen LogP contribution in [0.1, 0.15) is 23.1 Å². The quantitative estimate of drug-likeness (QED) is 0.780. The van der Waals surface area contributed by atoms with E-state index in [0.717, 1.165) is 56.3 Å². The minimum Gasteiger partial charge on any atom is -0.334 e. The number of amides is 2. The van der Waals surface area contributed by atoms with Crippen molar-refractivity contribution in [3.8, 4) is 0 Å². The number of nitrogens with zero attached hydrogens (tertiary/aromatic N) is 3. The molecule has 1 saturated heterocycles. The van der Waals surface area contributed by atoms with Gasteiger partial charge in [-0.15, -0.1) is 0 Å². The van der Waals surface area contributed by atoms with E-state index in [4.69, 9.17) is 11.6 Å². The van der Waals surface area contributed by atoms with Gasteiger partial charge in [0, 0.05) is 50.8 Å². The summed E-state index contributed by atoms with van der Waals surface area (Å²) < 4.78 is 0. The summed E-state index contributed by atoms with van der Waals surface area (Å²) in [5, 5.41) is 3.83. The second-order valence-electron chi connectivity index (χ2n) is 7.96. The van der Waals surface area contributed by atoms with Gasteiger partial charge in [-0.25, -0.2) is 4.79 Å². The monoisotopic (exact) mass is 414 g/mol. The summed E-state index contributed by atoms with van der Waals surface area (Å²) in [5.74, 6) is 0. The fourth-order valence-electron chi connectivity index (χ4n) is 3.60. The highest BCUT2D eigenvalue weighted by molar-refractivity contribution is 6.30. The van der Waals surface area contributed by atoms with Crippen molar-refractivity contribution in [2.75, 3.05) is 40.3 Å². The number of carbonyl (C=O) groups excluding carboxylic acids is 1. The average molecular weight is 415 g/mol. The van der Waals surface area contributed by atoms with Crippen molar-refractivity contribution >= 4 is 17.6 Å². The van der Waals surface area contributed by atoms with Crippen LogP contribution in [-0.2, 0) is 19.6 Å². The smallest absolute Gasteiger partial charge is 0.317 e. The Morgan fingerprint density at radius 1 is 0.931 bits per heavy atom. The maximum Gasteiger partial charge on any atom is 0.317 e. The van der Waals surface area contributed by atoms with Gasteiger partial charge < -0.3 is 15.1 Å². The number of carbonyl (C=O) groups is 1. The van der Waals surface area contributed by atoms with Gasteiger partial charge in [0.05, 0.1) is 0 Å². The third-order valence-corrected chi connectivity index (χ3v) is 5.41. The van der Waals surface area contributed by atoms with Crippen molar-refractivity contribution < 1.29 is 4.79 Å². The highest BCUT2D eigenvalue weighted by Crippen LogP contribution is 2.13. The molecule has 2 aromatic rings. The van der Waals surface area contributed by atoms with Crippen LogP contribution in [0.15, 0.2) is 48.5 Å². The topological polar surface area (TPSA) is 38.8 Å². The van der Waals surface area contributed by atoms with Gasteiger partial charge in [0.25, 0.3) is 0 Å². The lowest BCUT2D eigenvalue weighted by Gasteiger charge is -2.22. The van der Waals surface area contributed by atoms with Crippen LogP contribution in [0, 0.1) is 0 Å². The molecule has 1 aliphatic heterocycles. The Bertz CT molecular complexity index is 776. The predicted octanol–water partition coefficient (Wildman–Crippen LogP) is 3.82. The fraction of sp³-hybridized carbons (Fsp3) is 0.435. The van der Waals surface area contributed by atoms with Crippen molar-refractivity contribution in [1.82, 2.24) is 20.0 Å². The van der Waals surface area contributed by atoms with Crippen LogP contribution in [0.4, 0.5) is 4.79 Å². The lowest BCUT2D eigenvalue weighted by atomic mass is 10.1. The standard InChI is InChI=1S/C23H31ClN4O/c1-26(2)17-20-6-4-19(5-7-20)16-25-23(29)28-13-3-12-27(14-15-28)18-21-8-10-22(24)11-9-21/h4-11H,3,12-18H2,1-2H3,(H,25,29). The van der Waals surface area contributed by atoms with Gasteiger partial charge in [-0.3, -0.25) is 4.90 Å². The zero-order valence-electron chi connectivity index (χ0n) is 17.4. The zero-order chi connectivity index (χ0) is 20.6. The summed E-state index contributed by atoms with van der Waals surface area (Å²) >= 11 is 5.97. The van der Waals surface area contributed by atoms with E-state index in [1.54, 1.807) is 0 Å². The fourth-order valence-corrected chi connectivity index (χ4v) is 3.72. The lowest BCUT2D eigenvalue weighted by Crippen LogP contribution is -2.41. The van der Waals surface area contributed by atoms with E-state index in [1.807, 2.05) is 17.0 Å². The van der Waals surface area contributed by atoms with Gasteiger partial charge in [-0.2, -0.15) is 0 Å². The van der Waals surface area contributed by atoms with Gasteiger partial charge in [-0.1, -0.05) is 48.0 Å². The van der Waals surface area contributed by atoms with Crippen LogP contribution >= 0.6 is 11.6 Å². The second-order valence-corrected chi connectivity index (χ2v) is 8.39. The molecule has 0 saturated carbocycles. The molecule has 0 aromatic heterocycles. The van der Waals surface area contributed by atoms with Gasteiger partial charge in [0.1, 0.15) is 0 Å². The van der Waals surface area contributed by atoms with Crippen LogP contribution in [-0.4, -0.2) is 61.0 Å². The minimum atomic E-state index is 0.0238. The van der Waals surface area contributed by atoms with Crippen LogP contribution in [0.25, 0.3) is 0 Å². The maximum atomic E-state index is 12.6. The van der Waals surface area contributed by atoms with Gasteiger partial charge in [0.2, 0.25) is 0 Å². The number of rotatable bonds is 6. The van der Waals surface area contributed by atoms with Crippen LogP contribution in [0.3, 0.4) is 0 Å². The molecule has 1 fully saturated rings. The third kappa shape index (κ3) is 7.03. The molecule has 2 aromatic carbocycles. The molecule has 0 radical (unpaired) electrons. The van der Waals surface area contributed by atoms with E-state index in [-0.39, 0.29) is 6.03 Å². The number of nitrogens with one attached hydrogen (secondary N) is 1. The highest BCUT2D eigenvalue weighted by atomic mass is 35.5. The molecule has 156 valence electrons. The van der Waals surface area contributed by atoms with Gasteiger partial charge in [0.15, 0.2) is 0 Å². The number of halogens is 1. The number of hydrogen-bond acceptors (Lipinski definition) is 3. The Labute approximate surface area is 179 Å². The number of hydrogen-bond donors (Lipinski definition) is 1. The Hall–Kier alpha value is -2.08. The Morgan fingerprint density at radius 2 is 1.59 bits per heavy atom. The highest BCUT2D eigenvalue weighted by Gasteiger charge is 2.19. The summed E-state index contributed by atoms with van der Waals surface area (Å²) in [5.41, 5.74) is 3.66. The first-order valence-electron chi connectivity index (χ1n) is 10.2. The predicted molar refractivity (Wildman–Crippen MR) is 119 cm³/mol. The molecule has 0 aliphatic carbocycles. The molecule has 0 unspecified atom stereocenters. The van der Waals surface area contributed by atoms with Crippen LogP contribution < -0.4 is 5.32 Å². The molecule has 29 heavy (non-hydrogen) atoms. The Morgan fingerprint density at radius 3 is 2.28 bits per heavy atom. The normalized spacial score (nSPS) is 15.4. The minimum absolute atomic E-state index is 0.0238. The van der Waals surface area contributed by atoms with E-state index in [0.29, 0.717) is 6.54 Å². The molecule has 3 rings (SSSR count). The average Bonchev–Trinajstić information content (AvgIpc) is 2.94. The molecule has 1 N–H and O–H groups in total. The molecular formula is C23H31ClN4O. The Kier molecular flexibility index (Phi) is 7.92. The van der Waals surface area contributed by atoms with E-state index in [1.165, 1.54) is 11.1 Å². The SMILES string of the molecule is CN(C)Cc1ccc(CNC(=O)N2CCCN(Cc3ccc(Cl)cc3)CC2)cc1. The molecule has 1 aliphatic rings. The van der Waals surface area contributed by atoms with Crippen LogP contribution in [0.5, 0.6) is 0 Å². The van der Waals surface area contributed by atoms with Crippen LogP contribution in [0.2, 0.25) is 5.02 Å². The second kappa shape index (κ2) is 10.6. The number of benzene rings is 2. The molecule has 0 bridgehead atoms. The van der Waals surface area contributed by atoms with Crippen molar-refractivity contribution in [3.05, 3.63) is 70.2 Å². The molecule has 1 heterocycles. The van der Waals surface area contributed by atoms with E-state index < -0.39 is 0 Å². The summed E-state index contributed by atoms with van der Waals surface area (Å²) in [7, 11) is 4.12. The summed E-state index contributed by atoms with van der Waals surface area (Å²) in [6, 6.07) is 16.5. The molecule has 5 nitrogen and oxygen atoms in total. The van der Waals surface area contributed by atoms with Gasteiger partial charge in [-0.05, 0) is 49.3 Å². The van der Waals surface area contributed by atoms with E-state index in [9.17, 15) is 4.79 Å². The summed E-state index contributed by atoms with van der Waals surface area (Å²) in [6.45, 7) is 5.81. The number of urea groups is 1. The van der Waals surface area contributed by atoms with Crippen molar-refractivity contribution in [1.29, 1.82) is 0 Å². The molecule has 0 spiro atoms. The Balaban J connectivity index is 1.44. The first-order valence-corrected chi connectivity index (χ1v) is 10.6. The van der Waals surface area contributed by atoms with Crippen molar-refractivity contribution in [3.63, 3.8) is 0 Å². The largest absolute Gasteiger partial charge is 0.334 e. The van der Waals surface area contributed by atoms with E-state index >= 15 is 0 Å². The molecule has 2 amide bonds. The van der Waals surface area contributed by atoms with Crippen molar-refractivity contribution in [2.45, 2.75) is 26.1 Å². The summed E-state index contributed by atoms with van der Waals surface area (Å²) in [6.07, 6.45) is 0.986. The third-order valence-electron chi connectivity index (χ3n) is 5.16. The first-order chi connectivity index (χ1) is 14.0. The van der Waals surface area contributed by atoms with Gasteiger partial charge >= 0.3 is 6.03 Å². The maximum absolute atomic E-state index is 12.6.